The van der Waals surface area contributed by atoms with E-state index < -0.39 is 0 Å². The van der Waals surface area contributed by atoms with Crippen molar-refractivity contribution in [3.05, 3.63) is 76.5 Å². The maximum absolute atomic E-state index is 12.7. The molecule has 0 bridgehead atoms. The summed E-state index contributed by atoms with van der Waals surface area (Å²) in [6.07, 6.45) is 3.70. The molecule has 1 aliphatic rings. The number of ketones is 1. The van der Waals surface area contributed by atoms with E-state index in [1.165, 1.54) is 0 Å². The first-order chi connectivity index (χ1) is 11.2. The number of fused-ring (bicyclic) bond motifs is 1. The number of aromatic nitrogens is 1. The summed E-state index contributed by atoms with van der Waals surface area (Å²) in [5.74, 6) is 1.24. The summed E-state index contributed by atoms with van der Waals surface area (Å²) in [6.45, 7) is 0.200. The van der Waals surface area contributed by atoms with Crippen LogP contribution < -0.4 is 9.47 Å². The highest BCUT2D eigenvalue weighted by molar-refractivity contribution is 9.10. The van der Waals surface area contributed by atoms with E-state index in [9.17, 15) is 4.79 Å². The zero-order valence-electron chi connectivity index (χ0n) is 12.0. The molecule has 0 radical (unpaired) electrons. The zero-order valence-corrected chi connectivity index (χ0v) is 13.6. The molecule has 23 heavy (non-hydrogen) atoms. The van der Waals surface area contributed by atoms with Crippen molar-refractivity contribution in [3.63, 3.8) is 0 Å². The van der Waals surface area contributed by atoms with Gasteiger partial charge in [0.05, 0.1) is 5.69 Å². The Morgan fingerprint density at radius 2 is 1.83 bits per heavy atom. The van der Waals surface area contributed by atoms with Crippen LogP contribution in [0.4, 0.5) is 0 Å². The fourth-order valence-electron chi connectivity index (χ4n) is 2.55. The Labute approximate surface area is 141 Å². The highest BCUT2D eigenvalue weighted by Gasteiger charge is 2.18. The van der Waals surface area contributed by atoms with E-state index in [0.29, 0.717) is 22.6 Å². The van der Waals surface area contributed by atoms with Crippen molar-refractivity contribution in [2.45, 2.75) is 0 Å². The van der Waals surface area contributed by atoms with Gasteiger partial charge in [0.25, 0.3) is 0 Å². The molecule has 0 saturated carbocycles. The number of hydrogen-bond acceptors (Lipinski definition) is 3. The van der Waals surface area contributed by atoms with Gasteiger partial charge in [-0.3, -0.25) is 4.79 Å². The Bertz CT molecular complexity index is 901. The SMILES string of the molecule is O=C(c1ccc2c(c1)OCO2)c1ccn(-c2ccccc2Br)c1. The topological polar surface area (TPSA) is 40.5 Å². The lowest BCUT2D eigenvalue weighted by Crippen LogP contribution is -2.00. The minimum atomic E-state index is -0.0471. The summed E-state index contributed by atoms with van der Waals surface area (Å²) >= 11 is 3.52. The van der Waals surface area contributed by atoms with Crippen LogP contribution in [0.3, 0.4) is 0 Å². The summed E-state index contributed by atoms with van der Waals surface area (Å²) in [4.78, 5) is 12.7. The molecule has 4 rings (SSSR count). The van der Waals surface area contributed by atoms with Crippen LogP contribution in [0.2, 0.25) is 0 Å². The molecule has 0 fully saturated rings. The molecule has 4 nitrogen and oxygen atoms in total. The molecule has 0 saturated heterocycles. The molecule has 0 aliphatic carbocycles. The minimum Gasteiger partial charge on any atom is -0.454 e. The quantitative estimate of drug-likeness (QED) is 0.649. The molecule has 1 aromatic heterocycles. The largest absolute Gasteiger partial charge is 0.454 e. The first-order valence-electron chi connectivity index (χ1n) is 7.09. The molecule has 0 amide bonds. The molecule has 0 atom stereocenters. The van der Waals surface area contributed by atoms with Gasteiger partial charge in [-0.05, 0) is 52.3 Å². The first kappa shape index (κ1) is 14.1. The second kappa shape index (κ2) is 5.59. The van der Waals surface area contributed by atoms with Crippen LogP contribution in [0.1, 0.15) is 15.9 Å². The summed E-state index contributed by atoms with van der Waals surface area (Å²) < 4.78 is 13.5. The third kappa shape index (κ3) is 2.53. The van der Waals surface area contributed by atoms with E-state index in [2.05, 4.69) is 15.9 Å². The van der Waals surface area contributed by atoms with Gasteiger partial charge in [-0.1, -0.05) is 12.1 Å². The van der Waals surface area contributed by atoms with E-state index in [0.717, 1.165) is 10.2 Å². The Morgan fingerprint density at radius 3 is 2.70 bits per heavy atom. The molecule has 114 valence electrons. The lowest BCUT2D eigenvalue weighted by atomic mass is 10.1. The predicted molar refractivity (Wildman–Crippen MR) is 89.5 cm³/mol. The summed E-state index contributed by atoms with van der Waals surface area (Å²) in [6, 6.07) is 14.9. The van der Waals surface area contributed by atoms with Crippen LogP contribution in [-0.2, 0) is 0 Å². The van der Waals surface area contributed by atoms with Crippen LogP contribution in [0.15, 0.2) is 65.4 Å². The van der Waals surface area contributed by atoms with E-state index >= 15 is 0 Å². The number of para-hydroxylation sites is 1. The molecule has 0 spiro atoms. The highest BCUT2D eigenvalue weighted by atomic mass is 79.9. The molecular formula is C18H12BrNO3. The predicted octanol–water partition coefficient (Wildman–Crippen LogP) is 4.20. The number of rotatable bonds is 3. The molecule has 2 heterocycles. The van der Waals surface area contributed by atoms with Crippen molar-refractivity contribution in [1.82, 2.24) is 4.57 Å². The molecule has 0 unspecified atom stereocenters. The van der Waals surface area contributed by atoms with Crippen LogP contribution in [0, 0.1) is 0 Å². The van der Waals surface area contributed by atoms with Gasteiger partial charge >= 0.3 is 0 Å². The molecule has 3 aromatic rings. The molecule has 1 aliphatic heterocycles. The Morgan fingerprint density at radius 1 is 1.00 bits per heavy atom. The van der Waals surface area contributed by atoms with Crippen molar-refractivity contribution in [2.24, 2.45) is 0 Å². The maximum atomic E-state index is 12.7. The number of carbonyl (C=O) groups is 1. The lowest BCUT2D eigenvalue weighted by molar-refractivity contribution is 0.103. The average Bonchev–Trinajstić information content (AvgIpc) is 3.23. The molecule has 2 aromatic carbocycles. The number of hydrogen-bond donors (Lipinski definition) is 0. The number of carbonyl (C=O) groups excluding carboxylic acids is 1. The Hall–Kier alpha value is -2.53. The number of ether oxygens (including phenoxy) is 2. The second-order valence-corrected chi connectivity index (χ2v) is 6.01. The van der Waals surface area contributed by atoms with Gasteiger partial charge in [-0.15, -0.1) is 0 Å². The standard InChI is InChI=1S/C18H12BrNO3/c19-14-3-1-2-4-15(14)20-8-7-13(10-20)18(21)12-5-6-16-17(9-12)23-11-22-16/h1-10H,11H2. The van der Waals surface area contributed by atoms with E-state index in [-0.39, 0.29) is 12.6 Å². The van der Waals surface area contributed by atoms with Crippen molar-refractivity contribution in [1.29, 1.82) is 0 Å². The van der Waals surface area contributed by atoms with Crippen molar-refractivity contribution < 1.29 is 14.3 Å². The zero-order chi connectivity index (χ0) is 15.8. The highest BCUT2D eigenvalue weighted by Crippen LogP contribution is 2.33. The van der Waals surface area contributed by atoms with E-state index in [1.807, 2.05) is 47.3 Å². The molecule has 0 N–H and O–H groups in total. The van der Waals surface area contributed by atoms with Gasteiger partial charge in [-0.2, -0.15) is 0 Å². The number of nitrogens with zero attached hydrogens (tertiary/aromatic N) is 1. The molecular weight excluding hydrogens is 358 g/mol. The fourth-order valence-corrected chi connectivity index (χ4v) is 3.04. The van der Waals surface area contributed by atoms with Gasteiger partial charge in [0.15, 0.2) is 17.3 Å². The summed E-state index contributed by atoms with van der Waals surface area (Å²) in [5, 5.41) is 0. The summed E-state index contributed by atoms with van der Waals surface area (Å²) in [7, 11) is 0. The number of halogens is 1. The van der Waals surface area contributed by atoms with Gasteiger partial charge in [-0.25, -0.2) is 0 Å². The average molecular weight is 370 g/mol. The normalized spacial score (nSPS) is 12.4. The minimum absolute atomic E-state index is 0.0471. The van der Waals surface area contributed by atoms with E-state index in [1.54, 1.807) is 18.2 Å². The van der Waals surface area contributed by atoms with E-state index in [4.69, 9.17) is 9.47 Å². The Kier molecular flexibility index (Phi) is 3.42. The van der Waals surface area contributed by atoms with Crippen LogP contribution in [-0.4, -0.2) is 17.1 Å². The Balaban J connectivity index is 1.66. The summed E-state index contributed by atoms with van der Waals surface area (Å²) in [5.41, 5.74) is 2.19. The van der Waals surface area contributed by atoms with Gasteiger partial charge < -0.3 is 14.0 Å². The lowest BCUT2D eigenvalue weighted by Gasteiger charge is -2.05. The number of benzene rings is 2. The molecule has 5 heteroatoms. The smallest absolute Gasteiger partial charge is 0.231 e. The van der Waals surface area contributed by atoms with Gasteiger partial charge in [0.2, 0.25) is 6.79 Å². The van der Waals surface area contributed by atoms with Crippen molar-refractivity contribution >= 4 is 21.7 Å². The van der Waals surface area contributed by atoms with Gasteiger partial charge in [0, 0.05) is 28.0 Å². The third-order valence-electron chi connectivity index (χ3n) is 3.72. The maximum Gasteiger partial charge on any atom is 0.231 e. The van der Waals surface area contributed by atoms with Crippen molar-refractivity contribution in [2.75, 3.05) is 6.79 Å². The van der Waals surface area contributed by atoms with Gasteiger partial charge in [0.1, 0.15) is 0 Å². The third-order valence-corrected chi connectivity index (χ3v) is 4.39. The van der Waals surface area contributed by atoms with Crippen LogP contribution in [0.25, 0.3) is 5.69 Å². The van der Waals surface area contributed by atoms with Crippen LogP contribution in [0.5, 0.6) is 11.5 Å². The fraction of sp³-hybridized carbons (Fsp3) is 0.0556. The first-order valence-corrected chi connectivity index (χ1v) is 7.89. The monoisotopic (exact) mass is 369 g/mol. The van der Waals surface area contributed by atoms with Crippen LogP contribution >= 0.6 is 15.9 Å². The second-order valence-electron chi connectivity index (χ2n) is 5.16. The van der Waals surface area contributed by atoms with Crippen molar-refractivity contribution in [3.8, 4) is 17.2 Å².